The Morgan fingerprint density at radius 2 is 1.85 bits per heavy atom. The van der Waals surface area contributed by atoms with Crippen molar-refractivity contribution in [1.29, 1.82) is 0 Å². The van der Waals surface area contributed by atoms with Gasteiger partial charge in [0.2, 0.25) is 5.56 Å². The van der Waals surface area contributed by atoms with Gasteiger partial charge in [-0.15, -0.1) is 0 Å². The highest BCUT2D eigenvalue weighted by atomic mass is 35.5. The normalized spacial score (nSPS) is 12.3. The average Bonchev–Trinajstić information content (AvgIpc) is 2.62. The second-order valence-corrected chi connectivity index (χ2v) is 6.71. The van der Waals surface area contributed by atoms with E-state index in [4.69, 9.17) is 11.6 Å². The van der Waals surface area contributed by atoms with Crippen molar-refractivity contribution in [3.63, 3.8) is 0 Å². The van der Waals surface area contributed by atoms with Crippen molar-refractivity contribution in [2.75, 3.05) is 20.6 Å². The monoisotopic (exact) mass is 369 g/mol. The molecule has 0 unspecified atom stereocenters. The molecule has 2 aromatic carbocycles. The predicted molar refractivity (Wildman–Crippen MR) is 105 cm³/mol. The lowest BCUT2D eigenvalue weighted by atomic mass is 10.0. The molecule has 1 aromatic heterocycles. The first-order chi connectivity index (χ1) is 12.5. The Morgan fingerprint density at radius 1 is 1.15 bits per heavy atom. The van der Waals surface area contributed by atoms with E-state index in [0.29, 0.717) is 28.0 Å². The topological polar surface area (TPSA) is 65.2 Å². The molecule has 3 aromatic rings. The number of nitrogens with zero attached hydrogens (tertiary/aromatic N) is 1. The van der Waals surface area contributed by atoms with E-state index in [1.807, 2.05) is 61.5 Å². The minimum Gasteiger partial charge on any atom is -0.350 e. The number of amides is 1. The molecule has 26 heavy (non-hydrogen) atoms. The van der Waals surface area contributed by atoms with Crippen LogP contribution in [0.5, 0.6) is 0 Å². The molecule has 0 bridgehead atoms. The minimum absolute atomic E-state index is 0.0825. The summed E-state index contributed by atoms with van der Waals surface area (Å²) in [5, 5.41) is 4.30. The van der Waals surface area contributed by atoms with Gasteiger partial charge in [-0.25, -0.2) is 0 Å². The molecule has 0 radical (unpaired) electrons. The third kappa shape index (κ3) is 3.79. The number of aromatic amines is 1. The van der Waals surface area contributed by atoms with E-state index in [-0.39, 0.29) is 17.5 Å². The van der Waals surface area contributed by atoms with Crippen molar-refractivity contribution in [3.05, 3.63) is 81.1 Å². The van der Waals surface area contributed by atoms with Gasteiger partial charge in [0, 0.05) is 28.5 Å². The first-order valence-corrected chi connectivity index (χ1v) is 8.66. The third-order valence-electron chi connectivity index (χ3n) is 4.34. The predicted octanol–water partition coefficient (Wildman–Crippen LogP) is 3.21. The summed E-state index contributed by atoms with van der Waals surface area (Å²) in [7, 11) is 3.87. The first kappa shape index (κ1) is 18.2. The van der Waals surface area contributed by atoms with Crippen molar-refractivity contribution < 1.29 is 4.79 Å². The van der Waals surface area contributed by atoms with Crippen LogP contribution in [0.1, 0.15) is 22.0 Å². The van der Waals surface area contributed by atoms with Crippen LogP contribution < -0.4 is 10.9 Å². The second-order valence-electron chi connectivity index (χ2n) is 6.30. The molecule has 5 nitrogen and oxygen atoms in total. The fraction of sp³-hybridized carbons (Fsp3) is 0.200. The molecule has 1 heterocycles. The largest absolute Gasteiger partial charge is 0.350 e. The molecule has 1 atom stereocenters. The molecule has 134 valence electrons. The molecule has 0 aliphatic heterocycles. The lowest BCUT2D eigenvalue weighted by Crippen LogP contribution is -2.35. The van der Waals surface area contributed by atoms with Crippen molar-refractivity contribution in [1.82, 2.24) is 15.2 Å². The van der Waals surface area contributed by atoms with E-state index < -0.39 is 0 Å². The van der Waals surface area contributed by atoms with E-state index in [9.17, 15) is 9.59 Å². The van der Waals surface area contributed by atoms with Gasteiger partial charge in [0.05, 0.1) is 11.6 Å². The maximum absolute atomic E-state index is 12.7. The highest BCUT2D eigenvalue weighted by molar-refractivity contribution is 6.31. The number of pyridine rings is 1. The number of benzene rings is 2. The van der Waals surface area contributed by atoms with Crippen molar-refractivity contribution >= 4 is 28.4 Å². The number of carbonyl (C=O) groups excluding carboxylic acids is 1. The van der Waals surface area contributed by atoms with Gasteiger partial charge >= 0.3 is 0 Å². The van der Waals surface area contributed by atoms with E-state index in [1.54, 1.807) is 6.07 Å². The number of likely N-dealkylation sites (N-methyl/N-ethyl adjacent to an activating group) is 1. The van der Waals surface area contributed by atoms with Gasteiger partial charge in [-0.1, -0.05) is 48.0 Å². The van der Waals surface area contributed by atoms with E-state index >= 15 is 0 Å². The zero-order chi connectivity index (χ0) is 18.7. The first-order valence-electron chi connectivity index (χ1n) is 8.28. The quantitative estimate of drug-likeness (QED) is 0.725. The van der Waals surface area contributed by atoms with Gasteiger partial charge in [-0.3, -0.25) is 9.59 Å². The van der Waals surface area contributed by atoms with Crippen molar-refractivity contribution in [2.45, 2.75) is 6.04 Å². The van der Waals surface area contributed by atoms with Crippen LogP contribution in [0.2, 0.25) is 5.02 Å². The van der Waals surface area contributed by atoms with Crippen LogP contribution in [0.4, 0.5) is 0 Å². The van der Waals surface area contributed by atoms with Crippen LogP contribution in [0.25, 0.3) is 10.9 Å². The van der Waals surface area contributed by atoms with E-state index in [2.05, 4.69) is 10.3 Å². The van der Waals surface area contributed by atoms with Crippen molar-refractivity contribution in [2.24, 2.45) is 0 Å². The zero-order valence-electron chi connectivity index (χ0n) is 14.6. The molecule has 0 aliphatic rings. The van der Waals surface area contributed by atoms with Gasteiger partial charge in [0.15, 0.2) is 0 Å². The summed E-state index contributed by atoms with van der Waals surface area (Å²) in [5.74, 6) is -0.286. The Bertz CT molecular complexity index is 998. The van der Waals surface area contributed by atoms with Crippen LogP contribution >= 0.6 is 11.6 Å². The summed E-state index contributed by atoms with van der Waals surface area (Å²) in [4.78, 5) is 29.3. The maximum Gasteiger partial charge on any atom is 0.252 e. The minimum atomic E-state index is -0.302. The second kappa shape index (κ2) is 7.72. The lowest BCUT2D eigenvalue weighted by molar-refractivity contribution is 0.0943. The number of hydrogen-bond donors (Lipinski definition) is 2. The standard InChI is InChI=1S/C20H20ClN3O2/c1-24(2)18(14-8-3-5-9-16(14)21)12-22-20(26)15-11-19(25)23-17-10-6-4-7-13(15)17/h3-11,18H,12H2,1-2H3,(H,22,26)(H,23,25)/t18-/m1/s1. The number of nitrogens with one attached hydrogen (secondary N) is 2. The molecule has 0 fully saturated rings. The summed E-state index contributed by atoms with van der Waals surface area (Å²) in [6.45, 7) is 0.372. The number of H-pyrrole nitrogens is 1. The Kier molecular flexibility index (Phi) is 5.40. The Balaban J connectivity index is 1.86. The third-order valence-corrected chi connectivity index (χ3v) is 4.68. The fourth-order valence-corrected chi connectivity index (χ4v) is 3.25. The van der Waals surface area contributed by atoms with Gasteiger partial charge in [0.1, 0.15) is 0 Å². The molecule has 0 saturated carbocycles. The Hall–Kier alpha value is -2.63. The summed E-state index contributed by atoms with van der Waals surface area (Å²) in [6.07, 6.45) is 0. The van der Waals surface area contributed by atoms with Crippen molar-refractivity contribution in [3.8, 4) is 0 Å². The molecule has 3 rings (SSSR count). The number of para-hydroxylation sites is 1. The average molecular weight is 370 g/mol. The fourth-order valence-electron chi connectivity index (χ4n) is 2.99. The van der Waals surface area contributed by atoms with Crippen LogP contribution in [-0.4, -0.2) is 36.4 Å². The Morgan fingerprint density at radius 3 is 2.58 bits per heavy atom. The summed E-state index contributed by atoms with van der Waals surface area (Å²) in [5.41, 5.74) is 1.64. The molecule has 1 amide bonds. The number of hydrogen-bond acceptors (Lipinski definition) is 3. The molecular formula is C20H20ClN3O2. The van der Waals surface area contributed by atoms with E-state index in [1.165, 1.54) is 6.07 Å². The highest BCUT2D eigenvalue weighted by Gasteiger charge is 2.19. The van der Waals surface area contributed by atoms with Gasteiger partial charge < -0.3 is 15.2 Å². The van der Waals surface area contributed by atoms with Gasteiger partial charge in [0.25, 0.3) is 5.91 Å². The van der Waals surface area contributed by atoms with Gasteiger partial charge in [-0.05, 0) is 31.8 Å². The molecular weight excluding hydrogens is 350 g/mol. The maximum atomic E-state index is 12.7. The van der Waals surface area contributed by atoms with Crippen LogP contribution in [-0.2, 0) is 0 Å². The number of aromatic nitrogens is 1. The molecule has 0 aliphatic carbocycles. The number of rotatable bonds is 5. The molecule has 2 N–H and O–H groups in total. The van der Waals surface area contributed by atoms with Crippen LogP contribution in [0, 0.1) is 0 Å². The molecule has 0 spiro atoms. The lowest BCUT2D eigenvalue weighted by Gasteiger charge is -2.26. The Labute approximate surface area is 156 Å². The summed E-state index contributed by atoms with van der Waals surface area (Å²) < 4.78 is 0. The molecule has 6 heteroatoms. The zero-order valence-corrected chi connectivity index (χ0v) is 15.4. The summed E-state index contributed by atoms with van der Waals surface area (Å²) in [6, 6.07) is 16.1. The molecule has 0 saturated heterocycles. The number of halogens is 1. The van der Waals surface area contributed by atoms with Gasteiger partial charge in [-0.2, -0.15) is 0 Å². The summed E-state index contributed by atoms with van der Waals surface area (Å²) >= 11 is 6.31. The van der Waals surface area contributed by atoms with Crippen LogP contribution in [0.3, 0.4) is 0 Å². The van der Waals surface area contributed by atoms with E-state index in [0.717, 1.165) is 5.56 Å². The highest BCUT2D eigenvalue weighted by Crippen LogP contribution is 2.25. The number of carbonyl (C=O) groups is 1. The smallest absolute Gasteiger partial charge is 0.252 e. The number of fused-ring (bicyclic) bond motifs is 1. The SMILES string of the molecule is CN(C)[C@H](CNC(=O)c1cc(=O)[nH]c2ccccc12)c1ccccc1Cl. The van der Waals surface area contributed by atoms with Crippen LogP contribution in [0.15, 0.2) is 59.4 Å².